The highest BCUT2D eigenvalue weighted by molar-refractivity contribution is 6.30. The average Bonchev–Trinajstić information content (AvgIpc) is 2.62. The Hall–Kier alpha value is -2.65. The first kappa shape index (κ1) is 19.7. The minimum absolute atomic E-state index is 0.0611. The van der Waals surface area contributed by atoms with Crippen LogP contribution in [0.15, 0.2) is 30.5 Å². The predicted molar refractivity (Wildman–Crippen MR) is 96.6 cm³/mol. The molecule has 3 heterocycles. The van der Waals surface area contributed by atoms with Gasteiger partial charge in [-0.15, -0.1) is 0 Å². The van der Waals surface area contributed by atoms with Crippen molar-refractivity contribution < 1.29 is 27.5 Å². The van der Waals surface area contributed by atoms with E-state index in [9.17, 15) is 22.8 Å². The molecule has 2 saturated heterocycles. The van der Waals surface area contributed by atoms with Crippen molar-refractivity contribution in [2.24, 2.45) is 5.92 Å². The summed E-state index contributed by atoms with van der Waals surface area (Å²) in [4.78, 5) is 32.2. The number of ether oxygens (including phenoxy) is 1. The van der Waals surface area contributed by atoms with Crippen molar-refractivity contribution in [2.45, 2.75) is 12.6 Å². The highest BCUT2D eigenvalue weighted by Crippen LogP contribution is 2.30. The first-order valence-electron chi connectivity index (χ1n) is 8.78. The monoisotopic (exact) mass is 425 g/mol. The smallest absolute Gasteiger partial charge is 0.251 e. The molecule has 152 valence electrons. The first-order chi connectivity index (χ1) is 13.8. The molecule has 4 rings (SSSR count). The van der Waals surface area contributed by atoms with Crippen LogP contribution in [0.2, 0.25) is 5.02 Å². The summed E-state index contributed by atoms with van der Waals surface area (Å²) in [6.07, 6.45) is 1.19. The van der Waals surface area contributed by atoms with Crippen molar-refractivity contribution in [1.82, 2.24) is 9.88 Å². The van der Waals surface area contributed by atoms with E-state index in [4.69, 9.17) is 16.3 Å². The predicted octanol–water partition coefficient (Wildman–Crippen LogP) is 2.54. The molecule has 0 bridgehead atoms. The van der Waals surface area contributed by atoms with Gasteiger partial charge in [-0.3, -0.25) is 14.5 Å². The van der Waals surface area contributed by atoms with Crippen molar-refractivity contribution in [3.63, 3.8) is 0 Å². The minimum atomic E-state index is -1.05. The normalized spacial score (nSPS) is 20.2. The lowest BCUT2D eigenvalue weighted by Gasteiger charge is -2.45. The van der Waals surface area contributed by atoms with Crippen molar-refractivity contribution in [3.8, 4) is 0 Å². The molecule has 2 amide bonds. The number of hydrogen-bond donors (Lipinski definition) is 0. The molecular formula is C19H15ClF3N3O3. The highest BCUT2D eigenvalue weighted by atomic mass is 35.5. The molecule has 0 unspecified atom stereocenters. The number of carbonyl (C=O) groups is 2. The second kappa shape index (κ2) is 7.64. The summed E-state index contributed by atoms with van der Waals surface area (Å²) in [5, 5.41) is 0.0611. The van der Waals surface area contributed by atoms with Gasteiger partial charge in [0.25, 0.3) is 5.91 Å². The molecule has 2 aromatic rings. The summed E-state index contributed by atoms with van der Waals surface area (Å²) in [5.74, 6) is -4.45. The highest BCUT2D eigenvalue weighted by Gasteiger charge is 2.47. The standard InChI is InChI=1S/C19H15ClF3N3O3/c20-12-4-15(23)18(24-5-12)26-7-16(27)25(17(19(26)28)11-8-29-9-11)6-10-1-2-13(21)14(22)3-10/h1-5,11,17H,6-9H2/t17-/m0/s1. The zero-order valence-electron chi connectivity index (χ0n) is 14.9. The number of hydrogen-bond acceptors (Lipinski definition) is 4. The lowest BCUT2D eigenvalue weighted by molar-refractivity contribution is -0.155. The van der Waals surface area contributed by atoms with Gasteiger partial charge in [-0.25, -0.2) is 18.2 Å². The van der Waals surface area contributed by atoms with E-state index in [1.165, 1.54) is 17.2 Å². The zero-order valence-corrected chi connectivity index (χ0v) is 15.7. The Balaban J connectivity index is 1.66. The Bertz CT molecular complexity index is 986. The van der Waals surface area contributed by atoms with Crippen molar-refractivity contribution >= 4 is 29.2 Å². The van der Waals surface area contributed by atoms with Crippen molar-refractivity contribution in [1.29, 1.82) is 0 Å². The van der Waals surface area contributed by atoms with E-state index in [2.05, 4.69) is 4.98 Å². The zero-order chi connectivity index (χ0) is 20.7. The molecule has 1 aromatic carbocycles. The van der Waals surface area contributed by atoms with Crippen LogP contribution in [-0.2, 0) is 20.9 Å². The minimum Gasteiger partial charge on any atom is -0.380 e. The largest absolute Gasteiger partial charge is 0.380 e. The molecule has 0 N–H and O–H groups in total. The Kier molecular flexibility index (Phi) is 5.18. The summed E-state index contributed by atoms with van der Waals surface area (Å²) >= 11 is 5.71. The molecular weight excluding hydrogens is 411 g/mol. The maximum absolute atomic E-state index is 14.3. The van der Waals surface area contributed by atoms with Crippen LogP contribution in [0.3, 0.4) is 0 Å². The molecule has 0 aliphatic carbocycles. The van der Waals surface area contributed by atoms with Crippen LogP contribution in [-0.4, -0.2) is 47.5 Å². The van der Waals surface area contributed by atoms with Gasteiger partial charge in [0, 0.05) is 18.7 Å². The summed E-state index contributed by atoms with van der Waals surface area (Å²) in [5.41, 5.74) is 0.333. The van der Waals surface area contributed by atoms with Crippen molar-refractivity contribution in [3.05, 3.63) is 58.5 Å². The van der Waals surface area contributed by atoms with Crippen LogP contribution < -0.4 is 4.90 Å². The van der Waals surface area contributed by atoms with Gasteiger partial charge in [0.1, 0.15) is 12.6 Å². The number of pyridine rings is 1. The third-order valence-electron chi connectivity index (χ3n) is 4.96. The molecule has 0 radical (unpaired) electrons. The second-order valence-corrected chi connectivity index (χ2v) is 7.33. The molecule has 29 heavy (non-hydrogen) atoms. The van der Waals surface area contributed by atoms with Gasteiger partial charge in [0.2, 0.25) is 5.91 Å². The molecule has 6 nitrogen and oxygen atoms in total. The second-order valence-electron chi connectivity index (χ2n) is 6.90. The van der Waals surface area contributed by atoms with Gasteiger partial charge in [0.15, 0.2) is 23.3 Å². The van der Waals surface area contributed by atoms with Crippen LogP contribution in [0, 0.1) is 23.4 Å². The molecule has 2 aliphatic heterocycles. The van der Waals surface area contributed by atoms with Gasteiger partial charge >= 0.3 is 0 Å². The number of nitrogens with zero attached hydrogens (tertiary/aromatic N) is 3. The van der Waals surface area contributed by atoms with E-state index < -0.39 is 41.9 Å². The Labute approximate surface area is 168 Å². The van der Waals surface area contributed by atoms with Gasteiger partial charge in [-0.1, -0.05) is 17.7 Å². The quantitative estimate of drug-likeness (QED) is 0.755. The summed E-state index contributed by atoms with van der Waals surface area (Å²) in [6, 6.07) is 3.36. The number of aromatic nitrogens is 1. The summed E-state index contributed by atoms with van der Waals surface area (Å²) in [6.45, 7) is -0.0177. The summed E-state index contributed by atoms with van der Waals surface area (Å²) < 4.78 is 46.2. The van der Waals surface area contributed by atoms with E-state index in [1.54, 1.807) is 0 Å². The van der Waals surface area contributed by atoms with Crippen LogP contribution in [0.5, 0.6) is 0 Å². The molecule has 2 aliphatic rings. The van der Waals surface area contributed by atoms with E-state index in [1.807, 2.05) is 0 Å². The van der Waals surface area contributed by atoms with E-state index in [0.29, 0.717) is 5.56 Å². The van der Waals surface area contributed by atoms with Gasteiger partial charge < -0.3 is 9.64 Å². The maximum Gasteiger partial charge on any atom is 0.251 e. The molecule has 2 fully saturated rings. The van der Waals surface area contributed by atoms with Gasteiger partial charge in [-0.05, 0) is 23.8 Å². The van der Waals surface area contributed by atoms with E-state index >= 15 is 0 Å². The summed E-state index contributed by atoms with van der Waals surface area (Å²) in [7, 11) is 0. The number of anilines is 1. The Morgan fingerprint density at radius 3 is 2.48 bits per heavy atom. The van der Waals surface area contributed by atoms with E-state index in [0.717, 1.165) is 23.1 Å². The lowest BCUT2D eigenvalue weighted by atomic mass is 9.92. The average molecular weight is 426 g/mol. The topological polar surface area (TPSA) is 62.7 Å². The van der Waals surface area contributed by atoms with Gasteiger partial charge in [0.05, 0.1) is 18.2 Å². The van der Waals surface area contributed by atoms with Crippen molar-refractivity contribution in [2.75, 3.05) is 24.7 Å². The van der Waals surface area contributed by atoms with E-state index in [-0.39, 0.29) is 36.5 Å². The Morgan fingerprint density at radius 2 is 1.86 bits per heavy atom. The molecule has 0 saturated carbocycles. The van der Waals surface area contributed by atoms with Crippen LogP contribution in [0.25, 0.3) is 0 Å². The molecule has 10 heteroatoms. The molecule has 1 atom stereocenters. The molecule has 1 aromatic heterocycles. The number of amides is 2. The number of halogens is 4. The van der Waals surface area contributed by atoms with Crippen LogP contribution >= 0.6 is 11.6 Å². The molecule has 0 spiro atoms. The SMILES string of the molecule is O=C1[C@H](C2COC2)N(Cc2ccc(F)c(F)c2)C(=O)CN1c1ncc(Cl)cc1F. The first-order valence-corrected chi connectivity index (χ1v) is 9.16. The fraction of sp³-hybridized carbons (Fsp3) is 0.316. The number of piperazine rings is 1. The fourth-order valence-corrected chi connectivity index (χ4v) is 3.60. The lowest BCUT2D eigenvalue weighted by Crippen LogP contribution is -2.65. The fourth-order valence-electron chi connectivity index (χ4n) is 3.45. The third-order valence-corrected chi connectivity index (χ3v) is 5.17. The maximum atomic E-state index is 14.3. The number of benzene rings is 1. The third kappa shape index (κ3) is 3.67. The Morgan fingerprint density at radius 1 is 1.10 bits per heavy atom. The van der Waals surface area contributed by atoms with Crippen LogP contribution in [0.1, 0.15) is 5.56 Å². The number of carbonyl (C=O) groups excluding carboxylic acids is 2. The van der Waals surface area contributed by atoms with Gasteiger partial charge in [-0.2, -0.15) is 0 Å². The van der Waals surface area contributed by atoms with Crippen LogP contribution in [0.4, 0.5) is 19.0 Å². The number of rotatable bonds is 4.